The zero-order chi connectivity index (χ0) is 16.7. The summed E-state index contributed by atoms with van der Waals surface area (Å²) in [6.45, 7) is 1.36. The Hall–Kier alpha value is -1.61. The number of aliphatic carboxylic acids is 1. The summed E-state index contributed by atoms with van der Waals surface area (Å²) in [5.74, 6) is -1.30. The predicted octanol–water partition coefficient (Wildman–Crippen LogP) is 2.25. The fourth-order valence-corrected chi connectivity index (χ4v) is 4.36. The molecule has 1 heterocycles. The number of hydrogen-bond donors (Lipinski definition) is 1. The van der Waals surface area contributed by atoms with Crippen molar-refractivity contribution in [3.8, 4) is 0 Å². The zero-order valence-corrected chi connectivity index (χ0v) is 12.4. The van der Waals surface area contributed by atoms with E-state index < -0.39 is 38.7 Å². The zero-order valence-electron chi connectivity index (χ0n) is 11.6. The molecule has 1 atom stereocenters. The second kappa shape index (κ2) is 5.54. The van der Waals surface area contributed by atoms with E-state index in [2.05, 4.69) is 0 Å². The van der Waals surface area contributed by atoms with E-state index in [1.54, 1.807) is 0 Å². The summed E-state index contributed by atoms with van der Waals surface area (Å²) in [6.07, 6.45) is -4.17. The summed E-state index contributed by atoms with van der Waals surface area (Å²) in [5, 5.41) is 9.06. The maximum atomic E-state index is 12.8. The van der Waals surface area contributed by atoms with Gasteiger partial charge >= 0.3 is 12.1 Å². The third kappa shape index (κ3) is 2.95. The Morgan fingerprint density at radius 2 is 2.00 bits per heavy atom. The highest BCUT2D eigenvalue weighted by atomic mass is 32.2. The fraction of sp³-hybridized carbons (Fsp3) is 0.462. The first-order valence-electron chi connectivity index (χ1n) is 6.47. The number of benzene rings is 1. The van der Waals surface area contributed by atoms with Gasteiger partial charge in [0.25, 0.3) is 0 Å². The average molecular weight is 337 g/mol. The molecule has 0 radical (unpaired) electrons. The number of hydrogen-bond acceptors (Lipinski definition) is 3. The molecule has 22 heavy (non-hydrogen) atoms. The van der Waals surface area contributed by atoms with Crippen LogP contribution >= 0.6 is 0 Å². The van der Waals surface area contributed by atoms with Crippen molar-refractivity contribution < 1.29 is 31.5 Å². The van der Waals surface area contributed by atoms with Crippen LogP contribution in [-0.4, -0.2) is 36.4 Å². The molecule has 122 valence electrons. The molecule has 0 aromatic heterocycles. The van der Waals surface area contributed by atoms with E-state index in [0.29, 0.717) is 12.5 Å². The number of nitrogens with zero attached hydrogens (tertiary/aromatic N) is 1. The molecule has 1 N–H and O–H groups in total. The molecule has 1 aromatic rings. The summed E-state index contributed by atoms with van der Waals surface area (Å²) in [6, 6.07) is 1.19. The van der Waals surface area contributed by atoms with Crippen molar-refractivity contribution in [2.45, 2.75) is 36.9 Å². The molecule has 1 saturated heterocycles. The van der Waals surface area contributed by atoms with Gasteiger partial charge in [-0.3, -0.25) is 4.79 Å². The molecule has 1 aliphatic heterocycles. The highest BCUT2D eigenvalue weighted by Crippen LogP contribution is 2.34. The van der Waals surface area contributed by atoms with E-state index in [-0.39, 0.29) is 18.5 Å². The van der Waals surface area contributed by atoms with Crippen LogP contribution in [0.25, 0.3) is 0 Å². The van der Waals surface area contributed by atoms with E-state index >= 15 is 0 Å². The molecule has 2 rings (SSSR count). The van der Waals surface area contributed by atoms with Crippen molar-refractivity contribution in [3.63, 3.8) is 0 Å². The second-order valence-corrected chi connectivity index (χ2v) is 6.95. The minimum Gasteiger partial charge on any atom is -0.480 e. The van der Waals surface area contributed by atoms with Gasteiger partial charge in [0, 0.05) is 6.54 Å². The molecule has 9 heteroatoms. The minimum absolute atomic E-state index is 0.0189. The molecule has 0 saturated carbocycles. The number of rotatable bonds is 3. The lowest BCUT2D eigenvalue weighted by Crippen LogP contribution is -2.40. The van der Waals surface area contributed by atoms with E-state index in [1.807, 2.05) is 0 Å². The summed E-state index contributed by atoms with van der Waals surface area (Å²) >= 11 is 0. The summed E-state index contributed by atoms with van der Waals surface area (Å²) < 4.78 is 64.2. The molecule has 0 bridgehead atoms. The van der Waals surface area contributed by atoms with Gasteiger partial charge < -0.3 is 5.11 Å². The number of carboxylic acids is 1. The first kappa shape index (κ1) is 16.8. The average Bonchev–Trinajstić information content (AvgIpc) is 2.87. The van der Waals surface area contributed by atoms with Crippen LogP contribution in [0.15, 0.2) is 23.1 Å². The Morgan fingerprint density at radius 3 is 2.55 bits per heavy atom. The van der Waals surface area contributed by atoms with E-state index in [1.165, 1.54) is 6.92 Å². The Bertz CT molecular complexity index is 700. The van der Waals surface area contributed by atoms with Gasteiger partial charge in [0.2, 0.25) is 10.0 Å². The lowest BCUT2D eigenvalue weighted by molar-refractivity contribution is -0.141. The molecule has 1 aromatic carbocycles. The Balaban J connectivity index is 2.52. The van der Waals surface area contributed by atoms with Gasteiger partial charge in [0.1, 0.15) is 6.04 Å². The van der Waals surface area contributed by atoms with Crippen LogP contribution in [0, 0.1) is 6.92 Å². The van der Waals surface area contributed by atoms with Crippen molar-refractivity contribution in [2.75, 3.05) is 6.54 Å². The number of sulfonamides is 1. The number of carbonyl (C=O) groups is 1. The first-order chi connectivity index (χ1) is 10.0. The monoisotopic (exact) mass is 337 g/mol. The topological polar surface area (TPSA) is 74.7 Å². The highest BCUT2D eigenvalue weighted by molar-refractivity contribution is 7.89. The molecule has 1 aliphatic rings. The van der Waals surface area contributed by atoms with E-state index in [4.69, 9.17) is 5.11 Å². The van der Waals surface area contributed by atoms with Gasteiger partial charge in [0.15, 0.2) is 0 Å². The molecule has 1 fully saturated rings. The van der Waals surface area contributed by atoms with Crippen LogP contribution in [0.3, 0.4) is 0 Å². The van der Waals surface area contributed by atoms with Crippen LogP contribution in [0.2, 0.25) is 0 Å². The summed E-state index contributed by atoms with van der Waals surface area (Å²) in [5.41, 5.74) is -0.938. The van der Waals surface area contributed by atoms with Crippen LogP contribution in [0.5, 0.6) is 0 Å². The predicted molar refractivity (Wildman–Crippen MR) is 70.7 cm³/mol. The SMILES string of the molecule is Cc1ccc(C(F)(F)F)cc1S(=O)(=O)N1CCC[C@H]1C(=O)O. The van der Waals surface area contributed by atoms with Crippen LogP contribution in [0.1, 0.15) is 24.0 Å². The second-order valence-electron chi connectivity index (χ2n) is 5.09. The Morgan fingerprint density at radius 1 is 1.36 bits per heavy atom. The number of aryl methyl sites for hydroxylation is 1. The van der Waals surface area contributed by atoms with Gasteiger partial charge in [-0.25, -0.2) is 8.42 Å². The van der Waals surface area contributed by atoms with Crippen molar-refractivity contribution in [2.24, 2.45) is 0 Å². The van der Waals surface area contributed by atoms with Crippen molar-refractivity contribution in [1.82, 2.24) is 4.31 Å². The van der Waals surface area contributed by atoms with Crippen molar-refractivity contribution in [3.05, 3.63) is 29.3 Å². The van der Waals surface area contributed by atoms with Crippen LogP contribution in [-0.2, 0) is 21.0 Å². The van der Waals surface area contributed by atoms with Gasteiger partial charge in [-0.2, -0.15) is 17.5 Å². The number of carboxylic acid groups (broad SMARTS) is 1. The lowest BCUT2D eigenvalue weighted by atomic mass is 10.1. The molecule has 0 amide bonds. The number of halogens is 3. The van der Waals surface area contributed by atoms with Crippen molar-refractivity contribution in [1.29, 1.82) is 0 Å². The summed E-state index contributed by atoms with van der Waals surface area (Å²) in [7, 11) is -4.29. The molecule has 0 spiro atoms. The molecular weight excluding hydrogens is 323 g/mol. The van der Waals surface area contributed by atoms with E-state index in [9.17, 15) is 26.4 Å². The van der Waals surface area contributed by atoms with Gasteiger partial charge in [-0.05, 0) is 37.5 Å². The lowest BCUT2D eigenvalue weighted by Gasteiger charge is -2.22. The minimum atomic E-state index is -4.67. The summed E-state index contributed by atoms with van der Waals surface area (Å²) in [4.78, 5) is 10.6. The molecule has 0 unspecified atom stereocenters. The van der Waals surface area contributed by atoms with Crippen LogP contribution in [0.4, 0.5) is 13.2 Å². The normalized spacial score (nSPS) is 20.3. The Labute approximate surface area is 125 Å². The maximum absolute atomic E-state index is 12.8. The largest absolute Gasteiger partial charge is 0.480 e. The first-order valence-corrected chi connectivity index (χ1v) is 7.91. The fourth-order valence-electron chi connectivity index (χ4n) is 2.46. The smallest absolute Gasteiger partial charge is 0.416 e. The van der Waals surface area contributed by atoms with Crippen molar-refractivity contribution >= 4 is 16.0 Å². The van der Waals surface area contributed by atoms with Crippen LogP contribution < -0.4 is 0 Å². The van der Waals surface area contributed by atoms with Gasteiger partial charge in [0.05, 0.1) is 10.5 Å². The quantitative estimate of drug-likeness (QED) is 0.918. The molecule has 5 nitrogen and oxygen atoms in total. The molecular formula is C13H14F3NO4S. The van der Waals surface area contributed by atoms with Gasteiger partial charge in [-0.1, -0.05) is 6.07 Å². The maximum Gasteiger partial charge on any atom is 0.416 e. The van der Waals surface area contributed by atoms with Gasteiger partial charge in [-0.15, -0.1) is 0 Å². The molecule has 0 aliphatic carbocycles. The third-order valence-electron chi connectivity index (χ3n) is 3.59. The third-order valence-corrected chi connectivity index (χ3v) is 5.64. The number of alkyl halides is 3. The highest BCUT2D eigenvalue weighted by Gasteiger charge is 2.41. The Kier molecular flexibility index (Phi) is 4.22. The standard InChI is InChI=1S/C13H14F3NO4S/c1-8-4-5-9(13(14,15)16)7-11(8)22(20,21)17-6-2-3-10(17)12(18)19/h4-5,7,10H,2-3,6H2,1H3,(H,18,19)/t10-/m0/s1. The van der Waals surface area contributed by atoms with E-state index in [0.717, 1.165) is 16.4 Å².